The summed E-state index contributed by atoms with van der Waals surface area (Å²) < 4.78 is 40.7. The molecule has 0 radical (unpaired) electrons. The van der Waals surface area contributed by atoms with Gasteiger partial charge in [-0.25, -0.2) is 0 Å². The minimum atomic E-state index is -4.28. The van der Waals surface area contributed by atoms with Gasteiger partial charge in [-0.3, -0.25) is 0 Å². The summed E-state index contributed by atoms with van der Waals surface area (Å²) in [7, 11) is 0. The molecule has 20 heavy (non-hydrogen) atoms. The van der Waals surface area contributed by atoms with Crippen LogP contribution in [0.3, 0.4) is 0 Å². The number of hydrogen-bond acceptors (Lipinski definition) is 1. The van der Waals surface area contributed by atoms with Crippen LogP contribution in [0.25, 0.3) is 10.2 Å². The number of alkyl halides is 3. The number of para-hydroxylation sites is 1. The summed E-state index contributed by atoms with van der Waals surface area (Å²) in [5.41, 5.74) is 3.33. The number of rotatable bonds is 2. The van der Waals surface area contributed by atoms with Crippen LogP contribution >= 0.6 is 11.3 Å². The van der Waals surface area contributed by atoms with Crippen LogP contribution in [0.5, 0.6) is 0 Å². The van der Waals surface area contributed by atoms with E-state index in [0.717, 1.165) is 23.2 Å². The lowest BCUT2D eigenvalue weighted by Gasteiger charge is -2.06. The Balaban J connectivity index is 1.88. The monoisotopic (exact) mass is 294 g/mol. The van der Waals surface area contributed by atoms with Crippen molar-refractivity contribution in [3.63, 3.8) is 0 Å². The number of aromatic nitrogens is 1. The molecule has 0 spiro atoms. The molecule has 102 valence electrons. The molecule has 1 aromatic heterocycles. The minimum absolute atomic E-state index is 0.572. The molecule has 2 aromatic carbocycles. The lowest BCUT2D eigenvalue weighted by atomic mass is 10.1. The first-order chi connectivity index (χ1) is 9.54. The normalized spacial score (nSPS) is 11.9. The van der Waals surface area contributed by atoms with Crippen molar-refractivity contribution in [2.75, 3.05) is 0 Å². The van der Waals surface area contributed by atoms with Crippen LogP contribution in [0.4, 0.5) is 13.2 Å². The minimum Gasteiger partial charge on any atom is -0.184 e. The van der Waals surface area contributed by atoms with Gasteiger partial charge in [-0.1, -0.05) is 35.6 Å². The summed E-state index contributed by atoms with van der Waals surface area (Å²) in [6, 6.07) is 13.3. The van der Waals surface area contributed by atoms with E-state index < -0.39 is 11.7 Å². The van der Waals surface area contributed by atoms with Crippen molar-refractivity contribution in [3.05, 3.63) is 65.2 Å². The Bertz CT molecular complexity index is 729. The second kappa shape index (κ2) is 4.90. The zero-order chi connectivity index (χ0) is 14.2. The molecule has 0 unspecified atom stereocenters. The van der Waals surface area contributed by atoms with Gasteiger partial charge >= 0.3 is 6.18 Å². The molecule has 1 nitrogen and oxygen atoms in total. The summed E-state index contributed by atoms with van der Waals surface area (Å²) in [5, 5.41) is 0. The second-order valence-electron chi connectivity index (χ2n) is 4.51. The summed E-state index contributed by atoms with van der Waals surface area (Å²) in [6.45, 7) is 0.572. The molecular weight excluding hydrogens is 283 g/mol. The predicted molar refractivity (Wildman–Crippen MR) is 72.6 cm³/mol. The van der Waals surface area contributed by atoms with Gasteiger partial charge in [0.15, 0.2) is 6.54 Å². The van der Waals surface area contributed by atoms with Gasteiger partial charge in [0, 0.05) is 11.6 Å². The summed E-state index contributed by atoms with van der Waals surface area (Å²) in [4.78, 5) is 0. The number of benzene rings is 2. The van der Waals surface area contributed by atoms with Crippen molar-refractivity contribution in [3.8, 4) is 0 Å². The summed E-state index contributed by atoms with van der Waals surface area (Å²) >= 11 is 1.62. The molecule has 0 fully saturated rings. The van der Waals surface area contributed by atoms with E-state index in [-0.39, 0.29) is 0 Å². The first-order valence-corrected chi connectivity index (χ1v) is 6.94. The van der Waals surface area contributed by atoms with Gasteiger partial charge in [-0.2, -0.15) is 17.7 Å². The Labute approximate surface area is 117 Å². The number of thiazole rings is 1. The molecule has 0 N–H and O–H groups in total. The molecule has 0 aliphatic heterocycles. The maximum absolute atomic E-state index is 12.5. The molecule has 5 heteroatoms. The Morgan fingerprint density at radius 2 is 1.65 bits per heavy atom. The maximum atomic E-state index is 12.5. The molecule has 0 saturated heterocycles. The highest BCUT2D eigenvalue weighted by Crippen LogP contribution is 2.29. The van der Waals surface area contributed by atoms with E-state index >= 15 is 0 Å². The van der Waals surface area contributed by atoms with Crippen LogP contribution in [0, 0.1) is 0 Å². The van der Waals surface area contributed by atoms with Crippen molar-refractivity contribution in [1.29, 1.82) is 0 Å². The average Bonchev–Trinajstić information content (AvgIpc) is 2.82. The third kappa shape index (κ3) is 2.54. The van der Waals surface area contributed by atoms with Gasteiger partial charge in [0.25, 0.3) is 0 Å². The van der Waals surface area contributed by atoms with Crippen LogP contribution in [0.1, 0.15) is 11.1 Å². The van der Waals surface area contributed by atoms with E-state index in [2.05, 4.69) is 0 Å². The molecule has 0 saturated carbocycles. The van der Waals surface area contributed by atoms with Gasteiger partial charge in [0.2, 0.25) is 11.0 Å². The highest BCUT2D eigenvalue weighted by atomic mass is 32.1. The lowest BCUT2D eigenvalue weighted by Crippen LogP contribution is -2.31. The Hall–Kier alpha value is -1.88. The summed E-state index contributed by atoms with van der Waals surface area (Å²) in [5.74, 6) is 0. The number of halogens is 3. The Morgan fingerprint density at radius 3 is 2.35 bits per heavy atom. The molecular formula is C15H11F3NS+. The van der Waals surface area contributed by atoms with Crippen LogP contribution in [-0.4, -0.2) is 0 Å². The van der Waals surface area contributed by atoms with Crippen molar-refractivity contribution in [2.24, 2.45) is 0 Å². The zero-order valence-corrected chi connectivity index (χ0v) is 11.2. The topological polar surface area (TPSA) is 3.88 Å². The Morgan fingerprint density at radius 1 is 0.950 bits per heavy atom. The highest BCUT2D eigenvalue weighted by molar-refractivity contribution is 7.16. The van der Waals surface area contributed by atoms with E-state index in [4.69, 9.17) is 0 Å². The molecule has 0 atom stereocenters. The van der Waals surface area contributed by atoms with E-state index in [0.29, 0.717) is 6.54 Å². The molecule has 3 aromatic rings. The largest absolute Gasteiger partial charge is 0.416 e. The van der Waals surface area contributed by atoms with Crippen LogP contribution < -0.4 is 4.57 Å². The number of fused-ring (bicyclic) bond motifs is 1. The van der Waals surface area contributed by atoms with Crippen LogP contribution in [0.15, 0.2) is 54.0 Å². The maximum Gasteiger partial charge on any atom is 0.416 e. The molecule has 1 heterocycles. The quantitative estimate of drug-likeness (QED) is 0.622. The first kappa shape index (κ1) is 13.1. The molecule has 0 bridgehead atoms. The fourth-order valence-corrected chi connectivity index (χ4v) is 2.98. The van der Waals surface area contributed by atoms with Gasteiger partial charge in [0.05, 0.1) is 5.56 Å². The average molecular weight is 294 g/mol. The molecule has 0 aliphatic carbocycles. The summed E-state index contributed by atoms with van der Waals surface area (Å²) in [6.07, 6.45) is -4.28. The van der Waals surface area contributed by atoms with Crippen molar-refractivity contribution in [2.45, 2.75) is 12.7 Å². The van der Waals surface area contributed by atoms with Gasteiger partial charge in [0.1, 0.15) is 4.70 Å². The third-order valence-electron chi connectivity index (χ3n) is 3.12. The van der Waals surface area contributed by atoms with Gasteiger partial charge in [-0.05, 0) is 18.2 Å². The second-order valence-corrected chi connectivity index (χ2v) is 5.40. The SMILES string of the molecule is FC(F)(F)c1ccc(C[n+]2csc3ccccc32)cc1. The fourth-order valence-electron chi connectivity index (χ4n) is 2.09. The van der Waals surface area contributed by atoms with Crippen molar-refractivity contribution >= 4 is 21.6 Å². The number of nitrogens with zero attached hydrogens (tertiary/aromatic N) is 1. The molecule has 0 amide bonds. The van der Waals surface area contributed by atoms with Crippen molar-refractivity contribution < 1.29 is 17.7 Å². The van der Waals surface area contributed by atoms with Crippen LogP contribution in [0.2, 0.25) is 0 Å². The van der Waals surface area contributed by atoms with E-state index in [1.807, 2.05) is 34.3 Å². The zero-order valence-electron chi connectivity index (χ0n) is 10.4. The first-order valence-electron chi connectivity index (χ1n) is 6.06. The van der Waals surface area contributed by atoms with Gasteiger partial charge < -0.3 is 0 Å². The highest BCUT2D eigenvalue weighted by Gasteiger charge is 2.30. The number of hydrogen-bond donors (Lipinski definition) is 0. The van der Waals surface area contributed by atoms with E-state index in [9.17, 15) is 13.2 Å². The lowest BCUT2D eigenvalue weighted by molar-refractivity contribution is -0.658. The third-order valence-corrected chi connectivity index (χ3v) is 4.07. The fraction of sp³-hybridized carbons (Fsp3) is 0.133. The molecule has 0 aliphatic rings. The van der Waals surface area contributed by atoms with Crippen molar-refractivity contribution in [1.82, 2.24) is 0 Å². The predicted octanol–water partition coefficient (Wildman–Crippen LogP) is 4.26. The smallest absolute Gasteiger partial charge is 0.184 e. The van der Waals surface area contributed by atoms with E-state index in [1.165, 1.54) is 16.8 Å². The Kier molecular flexibility index (Phi) is 3.22. The van der Waals surface area contributed by atoms with Crippen LogP contribution in [-0.2, 0) is 12.7 Å². The molecule has 3 rings (SSSR count). The standard InChI is InChI=1S/C15H11F3NS/c16-15(17,18)12-7-5-11(6-8-12)9-19-10-20-14-4-2-1-3-13(14)19/h1-8,10H,9H2/q+1. The van der Waals surface area contributed by atoms with Gasteiger partial charge in [-0.15, -0.1) is 0 Å². The van der Waals surface area contributed by atoms with E-state index in [1.54, 1.807) is 11.3 Å².